The molecule has 0 bridgehead atoms. The highest BCUT2D eigenvalue weighted by atomic mass is 79.9. The molecule has 0 aliphatic carbocycles. The van der Waals surface area contributed by atoms with E-state index < -0.39 is 21.3 Å². The molecule has 0 spiro atoms. The van der Waals surface area contributed by atoms with E-state index in [4.69, 9.17) is 11.5 Å². The third kappa shape index (κ3) is 3.92. The number of anilines is 1. The molecule has 19 heavy (non-hydrogen) atoms. The summed E-state index contributed by atoms with van der Waals surface area (Å²) in [4.78, 5) is 11.2. The number of nitrogens with one attached hydrogen (secondary N) is 1. The van der Waals surface area contributed by atoms with Gasteiger partial charge in [0.05, 0.1) is 10.3 Å². The molecule has 8 heteroatoms. The van der Waals surface area contributed by atoms with Gasteiger partial charge in [0, 0.05) is 16.7 Å². The average Bonchev–Trinajstić information content (AvgIpc) is 2.30. The number of primary amides is 1. The van der Waals surface area contributed by atoms with Gasteiger partial charge < -0.3 is 11.5 Å². The monoisotopic (exact) mass is 349 g/mol. The van der Waals surface area contributed by atoms with Crippen LogP contribution in [-0.2, 0) is 14.8 Å². The molecule has 1 aromatic rings. The van der Waals surface area contributed by atoms with E-state index in [9.17, 15) is 13.2 Å². The first kappa shape index (κ1) is 15.9. The van der Waals surface area contributed by atoms with Crippen LogP contribution in [0.1, 0.15) is 13.8 Å². The fourth-order valence-corrected chi connectivity index (χ4v) is 3.37. The number of sulfonamides is 1. The molecule has 1 aromatic carbocycles. The van der Waals surface area contributed by atoms with Crippen molar-refractivity contribution in [2.45, 2.75) is 18.7 Å². The summed E-state index contributed by atoms with van der Waals surface area (Å²) in [5, 5.41) is 0. The van der Waals surface area contributed by atoms with Gasteiger partial charge in [0.2, 0.25) is 15.9 Å². The number of rotatable bonds is 5. The molecule has 0 radical (unpaired) electrons. The first-order chi connectivity index (χ1) is 8.56. The quantitative estimate of drug-likeness (QED) is 0.682. The topological polar surface area (TPSA) is 115 Å². The smallest absolute Gasteiger partial charge is 0.241 e. The van der Waals surface area contributed by atoms with Crippen LogP contribution in [0.15, 0.2) is 27.6 Å². The van der Waals surface area contributed by atoms with Crippen LogP contribution in [0.25, 0.3) is 0 Å². The first-order valence-corrected chi connectivity index (χ1v) is 7.68. The number of amides is 1. The van der Waals surface area contributed by atoms with Crippen molar-refractivity contribution < 1.29 is 13.2 Å². The van der Waals surface area contributed by atoms with Crippen LogP contribution in [0.4, 0.5) is 5.69 Å². The number of carbonyl (C=O) groups is 1. The van der Waals surface area contributed by atoms with Gasteiger partial charge in [-0.2, -0.15) is 0 Å². The van der Waals surface area contributed by atoms with Crippen LogP contribution in [0.5, 0.6) is 0 Å². The summed E-state index contributed by atoms with van der Waals surface area (Å²) in [7, 11) is -3.76. The SMILES string of the molecule is CC(C)(CNS(=O)(=O)c1cc(N)ccc1Br)C(N)=O. The largest absolute Gasteiger partial charge is 0.399 e. The molecule has 0 fully saturated rings. The van der Waals surface area contributed by atoms with Crippen molar-refractivity contribution in [3.05, 3.63) is 22.7 Å². The molecular weight excluding hydrogens is 334 g/mol. The Balaban J connectivity index is 3.00. The van der Waals surface area contributed by atoms with Crippen molar-refractivity contribution in [2.24, 2.45) is 11.1 Å². The minimum atomic E-state index is -3.76. The van der Waals surface area contributed by atoms with Gasteiger partial charge in [0.25, 0.3) is 0 Å². The van der Waals surface area contributed by atoms with E-state index in [1.54, 1.807) is 26.0 Å². The fourth-order valence-electron chi connectivity index (χ4n) is 1.17. The van der Waals surface area contributed by atoms with Gasteiger partial charge in [0.1, 0.15) is 0 Å². The molecule has 0 saturated carbocycles. The lowest BCUT2D eigenvalue weighted by molar-refractivity contribution is -0.125. The van der Waals surface area contributed by atoms with E-state index >= 15 is 0 Å². The Morgan fingerprint density at radius 2 is 2.00 bits per heavy atom. The van der Waals surface area contributed by atoms with Gasteiger partial charge in [-0.25, -0.2) is 13.1 Å². The molecule has 1 amide bonds. The van der Waals surface area contributed by atoms with Gasteiger partial charge in [-0.15, -0.1) is 0 Å². The van der Waals surface area contributed by atoms with Gasteiger partial charge in [-0.3, -0.25) is 4.79 Å². The molecule has 106 valence electrons. The Bertz CT molecular complexity index is 599. The molecule has 0 unspecified atom stereocenters. The number of benzene rings is 1. The third-order valence-electron chi connectivity index (χ3n) is 2.62. The van der Waals surface area contributed by atoms with Gasteiger partial charge in [0.15, 0.2) is 0 Å². The predicted molar refractivity (Wildman–Crippen MR) is 76.7 cm³/mol. The van der Waals surface area contributed by atoms with E-state index in [-0.39, 0.29) is 11.4 Å². The number of nitrogens with two attached hydrogens (primary N) is 2. The minimum Gasteiger partial charge on any atom is -0.399 e. The summed E-state index contributed by atoms with van der Waals surface area (Å²) < 4.78 is 27.0. The number of hydrogen-bond acceptors (Lipinski definition) is 4. The molecule has 5 N–H and O–H groups in total. The second kappa shape index (κ2) is 5.48. The van der Waals surface area contributed by atoms with Crippen LogP contribution < -0.4 is 16.2 Å². The highest BCUT2D eigenvalue weighted by Gasteiger charge is 2.28. The van der Waals surface area contributed by atoms with Crippen LogP contribution in [0.2, 0.25) is 0 Å². The second-order valence-electron chi connectivity index (χ2n) is 4.76. The third-order valence-corrected chi connectivity index (χ3v) is 5.01. The van der Waals surface area contributed by atoms with Crippen LogP contribution in [0, 0.1) is 5.41 Å². The zero-order chi connectivity index (χ0) is 14.8. The molecule has 6 nitrogen and oxygen atoms in total. The first-order valence-electron chi connectivity index (χ1n) is 5.41. The maximum Gasteiger partial charge on any atom is 0.241 e. The Morgan fingerprint density at radius 1 is 1.42 bits per heavy atom. The second-order valence-corrected chi connectivity index (χ2v) is 7.35. The van der Waals surface area contributed by atoms with Crippen molar-refractivity contribution in [1.29, 1.82) is 0 Å². The zero-order valence-electron chi connectivity index (χ0n) is 10.6. The predicted octanol–water partition coefficient (Wildman–Crippen LogP) is 0.821. The van der Waals surface area contributed by atoms with Crippen molar-refractivity contribution >= 4 is 37.5 Å². The average molecular weight is 350 g/mol. The Labute approximate surface area is 120 Å². The van der Waals surface area contributed by atoms with Gasteiger partial charge >= 0.3 is 0 Å². The van der Waals surface area contributed by atoms with E-state index in [1.165, 1.54) is 6.07 Å². The lowest BCUT2D eigenvalue weighted by Crippen LogP contribution is -2.42. The number of halogens is 1. The Hall–Kier alpha value is -1.12. The summed E-state index contributed by atoms with van der Waals surface area (Å²) in [6, 6.07) is 4.46. The molecule has 0 atom stereocenters. The normalized spacial score (nSPS) is 12.4. The van der Waals surface area contributed by atoms with E-state index in [2.05, 4.69) is 20.7 Å². The lowest BCUT2D eigenvalue weighted by atomic mass is 9.93. The molecule has 0 aromatic heterocycles. The molecular formula is C11H16BrN3O3S. The minimum absolute atomic E-state index is 0.0211. The summed E-state index contributed by atoms with van der Waals surface area (Å²) >= 11 is 3.15. The summed E-state index contributed by atoms with van der Waals surface area (Å²) in [6.45, 7) is 3.03. The summed E-state index contributed by atoms with van der Waals surface area (Å²) in [5.41, 5.74) is 10.1. The molecule has 0 aliphatic rings. The number of carbonyl (C=O) groups excluding carboxylic acids is 1. The molecule has 0 aliphatic heterocycles. The number of nitrogen functional groups attached to an aromatic ring is 1. The van der Waals surface area contributed by atoms with E-state index in [0.29, 0.717) is 10.2 Å². The van der Waals surface area contributed by atoms with Crippen molar-refractivity contribution in [1.82, 2.24) is 4.72 Å². The Kier molecular flexibility index (Phi) is 4.59. The zero-order valence-corrected chi connectivity index (χ0v) is 13.0. The maximum atomic E-state index is 12.1. The summed E-state index contributed by atoms with van der Waals surface area (Å²) in [6.07, 6.45) is 0. The van der Waals surface area contributed by atoms with Crippen LogP contribution in [0.3, 0.4) is 0 Å². The maximum absolute atomic E-state index is 12.1. The molecule has 1 rings (SSSR count). The van der Waals surface area contributed by atoms with Crippen molar-refractivity contribution in [2.75, 3.05) is 12.3 Å². The van der Waals surface area contributed by atoms with Crippen molar-refractivity contribution in [3.63, 3.8) is 0 Å². The highest BCUT2D eigenvalue weighted by molar-refractivity contribution is 9.10. The lowest BCUT2D eigenvalue weighted by Gasteiger charge is -2.21. The van der Waals surface area contributed by atoms with E-state index in [0.717, 1.165) is 0 Å². The highest BCUT2D eigenvalue weighted by Crippen LogP contribution is 2.24. The fraction of sp³-hybridized carbons (Fsp3) is 0.364. The molecule has 0 saturated heterocycles. The van der Waals surface area contributed by atoms with Gasteiger partial charge in [-0.05, 0) is 48.0 Å². The van der Waals surface area contributed by atoms with Crippen LogP contribution in [-0.4, -0.2) is 20.9 Å². The van der Waals surface area contributed by atoms with Crippen LogP contribution >= 0.6 is 15.9 Å². The van der Waals surface area contributed by atoms with E-state index in [1.807, 2.05) is 0 Å². The van der Waals surface area contributed by atoms with Crippen molar-refractivity contribution in [3.8, 4) is 0 Å². The number of hydrogen-bond donors (Lipinski definition) is 3. The van der Waals surface area contributed by atoms with Gasteiger partial charge in [-0.1, -0.05) is 0 Å². The summed E-state index contributed by atoms with van der Waals surface area (Å²) in [5.74, 6) is -0.582. The Morgan fingerprint density at radius 3 is 2.53 bits per heavy atom. The molecule has 0 heterocycles. The standard InChI is InChI=1S/C11H16BrN3O3S/c1-11(2,10(14)16)6-15-19(17,18)9-5-7(13)3-4-8(9)12/h3-5,15H,6,13H2,1-2H3,(H2,14,16).